The summed E-state index contributed by atoms with van der Waals surface area (Å²) < 4.78 is 5.82. The van der Waals surface area contributed by atoms with Crippen LogP contribution < -0.4 is 10.2 Å². The Bertz CT molecular complexity index is 641. The van der Waals surface area contributed by atoms with E-state index in [1.165, 1.54) is 5.56 Å². The highest BCUT2D eigenvalue weighted by Gasteiger charge is 2.25. The summed E-state index contributed by atoms with van der Waals surface area (Å²) >= 11 is 2.08. The monoisotopic (exact) mass is 405 g/mol. The number of hydrogen-bond donors (Lipinski definition) is 1. The largest absolute Gasteiger partial charge is 0.372 e. The van der Waals surface area contributed by atoms with Crippen molar-refractivity contribution in [3.63, 3.8) is 0 Å². The summed E-state index contributed by atoms with van der Waals surface area (Å²) in [7, 11) is 1.87. The number of hydrogen-bond acceptors (Lipinski definition) is 5. The highest BCUT2D eigenvalue weighted by Crippen LogP contribution is 2.25. The van der Waals surface area contributed by atoms with Gasteiger partial charge in [-0.05, 0) is 31.4 Å². The molecule has 2 aliphatic rings. The van der Waals surface area contributed by atoms with Crippen molar-refractivity contribution in [3.8, 4) is 0 Å². The average molecular weight is 406 g/mol. The van der Waals surface area contributed by atoms with Gasteiger partial charge in [-0.15, -0.1) is 0 Å². The van der Waals surface area contributed by atoms with E-state index in [1.807, 2.05) is 13.2 Å². The molecular weight excluding hydrogens is 370 g/mol. The van der Waals surface area contributed by atoms with Crippen LogP contribution in [-0.4, -0.2) is 72.3 Å². The van der Waals surface area contributed by atoms with E-state index in [-0.39, 0.29) is 12.2 Å². The summed E-state index contributed by atoms with van der Waals surface area (Å²) in [6, 6.07) is 4.28. The molecule has 3 atom stereocenters. The minimum Gasteiger partial charge on any atom is -0.372 e. The number of ether oxygens (including phenoxy) is 1. The molecular formula is C21H35N5OS. The molecule has 0 saturated carbocycles. The molecule has 0 spiro atoms. The van der Waals surface area contributed by atoms with E-state index in [0.29, 0.717) is 11.2 Å². The summed E-state index contributed by atoms with van der Waals surface area (Å²) in [4.78, 5) is 13.9. The maximum Gasteiger partial charge on any atom is 0.193 e. The maximum atomic E-state index is 5.82. The fourth-order valence-electron chi connectivity index (χ4n) is 3.86. The lowest BCUT2D eigenvalue weighted by molar-refractivity contribution is -0.00545. The molecule has 1 N–H and O–H groups in total. The van der Waals surface area contributed by atoms with E-state index >= 15 is 0 Å². The molecule has 0 aromatic carbocycles. The minimum absolute atomic E-state index is 0.243. The predicted octanol–water partition coefficient (Wildman–Crippen LogP) is 2.84. The minimum atomic E-state index is 0.243. The number of thioether (sulfide) groups is 1. The number of guanidine groups is 1. The fourth-order valence-corrected chi connectivity index (χ4v) is 5.16. The van der Waals surface area contributed by atoms with Crippen LogP contribution in [0, 0.1) is 5.92 Å². The van der Waals surface area contributed by atoms with Crippen molar-refractivity contribution >= 4 is 23.5 Å². The van der Waals surface area contributed by atoms with Crippen molar-refractivity contribution in [1.82, 2.24) is 15.2 Å². The van der Waals surface area contributed by atoms with Gasteiger partial charge in [-0.3, -0.25) is 4.99 Å². The van der Waals surface area contributed by atoms with Gasteiger partial charge in [0, 0.05) is 57.0 Å². The summed E-state index contributed by atoms with van der Waals surface area (Å²) in [6.07, 6.45) is 2.46. The van der Waals surface area contributed by atoms with Gasteiger partial charge in [-0.25, -0.2) is 4.98 Å². The summed E-state index contributed by atoms with van der Waals surface area (Å²) in [6.45, 7) is 13.5. The Kier molecular flexibility index (Phi) is 7.46. The zero-order valence-corrected chi connectivity index (χ0v) is 18.7. The molecule has 3 heterocycles. The van der Waals surface area contributed by atoms with Gasteiger partial charge in [-0.1, -0.05) is 19.9 Å². The molecule has 28 heavy (non-hydrogen) atoms. The number of nitrogens with one attached hydrogen (secondary N) is 1. The van der Waals surface area contributed by atoms with Crippen molar-refractivity contribution in [3.05, 3.63) is 23.9 Å². The third-order valence-electron chi connectivity index (χ3n) is 5.35. The molecule has 156 valence electrons. The van der Waals surface area contributed by atoms with Gasteiger partial charge in [-0.2, -0.15) is 11.8 Å². The lowest BCUT2D eigenvalue weighted by Crippen LogP contribution is -2.48. The predicted molar refractivity (Wildman–Crippen MR) is 119 cm³/mol. The van der Waals surface area contributed by atoms with Crippen molar-refractivity contribution in [1.29, 1.82) is 0 Å². The Morgan fingerprint density at radius 3 is 2.64 bits per heavy atom. The fraction of sp³-hybridized carbons (Fsp3) is 0.714. The molecule has 0 radical (unpaired) electrons. The molecule has 2 fully saturated rings. The number of aliphatic imine (C=N–C) groups is 1. The number of rotatable bonds is 4. The maximum absolute atomic E-state index is 5.82. The van der Waals surface area contributed by atoms with Crippen LogP contribution in [0.3, 0.4) is 0 Å². The molecule has 0 aliphatic carbocycles. The SMILES string of the molecule is CN=C(NCc1ccc(N2CC(C)OC(C)C2)nc1)N1CCSC(C(C)C)C1. The van der Waals surface area contributed by atoms with Crippen LogP contribution in [-0.2, 0) is 11.3 Å². The van der Waals surface area contributed by atoms with Crippen LogP contribution in [0.4, 0.5) is 5.82 Å². The number of aromatic nitrogens is 1. The Balaban J connectivity index is 1.55. The highest BCUT2D eigenvalue weighted by atomic mass is 32.2. The summed E-state index contributed by atoms with van der Waals surface area (Å²) in [5.41, 5.74) is 1.17. The molecule has 0 bridgehead atoms. The first-order valence-electron chi connectivity index (χ1n) is 10.4. The topological polar surface area (TPSA) is 53.0 Å². The average Bonchev–Trinajstić information content (AvgIpc) is 2.68. The third-order valence-corrected chi connectivity index (χ3v) is 6.89. The highest BCUT2D eigenvalue weighted by molar-refractivity contribution is 8.00. The first-order chi connectivity index (χ1) is 13.5. The van der Waals surface area contributed by atoms with Gasteiger partial charge in [0.25, 0.3) is 0 Å². The van der Waals surface area contributed by atoms with Gasteiger partial charge in [0.1, 0.15) is 5.82 Å². The quantitative estimate of drug-likeness (QED) is 0.614. The Hall–Kier alpha value is -1.47. The number of nitrogens with zero attached hydrogens (tertiary/aromatic N) is 4. The summed E-state index contributed by atoms with van der Waals surface area (Å²) in [5.74, 6) is 3.87. The van der Waals surface area contributed by atoms with E-state index < -0.39 is 0 Å². The van der Waals surface area contributed by atoms with Gasteiger partial charge < -0.3 is 19.9 Å². The van der Waals surface area contributed by atoms with E-state index in [0.717, 1.165) is 50.3 Å². The first kappa shape index (κ1) is 21.2. The number of anilines is 1. The smallest absolute Gasteiger partial charge is 0.193 e. The van der Waals surface area contributed by atoms with E-state index in [1.54, 1.807) is 0 Å². The van der Waals surface area contributed by atoms with Crippen LogP contribution in [0.25, 0.3) is 0 Å². The first-order valence-corrected chi connectivity index (χ1v) is 11.4. The molecule has 3 rings (SSSR count). The lowest BCUT2D eigenvalue weighted by atomic mass is 10.1. The molecule has 6 nitrogen and oxygen atoms in total. The Morgan fingerprint density at radius 2 is 2.04 bits per heavy atom. The van der Waals surface area contributed by atoms with Crippen LogP contribution in [0.2, 0.25) is 0 Å². The molecule has 0 amide bonds. The Morgan fingerprint density at radius 1 is 1.29 bits per heavy atom. The molecule has 2 aliphatic heterocycles. The molecule has 7 heteroatoms. The zero-order chi connectivity index (χ0) is 20.1. The Labute approximate surface area is 174 Å². The van der Waals surface area contributed by atoms with Gasteiger partial charge in [0.2, 0.25) is 0 Å². The molecule has 2 saturated heterocycles. The van der Waals surface area contributed by atoms with E-state index in [4.69, 9.17) is 9.72 Å². The van der Waals surface area contributed by atoms with Crippen LogP contribution in [0.1, 0.15) is 33.3 Å². The van der Waals surface area contributed by atoms with E-state index in [9.17, 15) is 0 Å². The molecule has 1 aromatic rings. The van der Waals surface area contributed by atoms with Gasteiger partial charge >= 0.3 is 0 Å². The number of pyridine rings is 1. The van der Waals surface area contributed by atoms with Crippen molar-refractivity contribution in [2.24, 2.45) is 10.9 Å². The third kappa shape index (κ3) is 5.54. The second-order valence-corrected chi connectivity index (χ2v) is 9.53. The van der Waals surface area contributed by atoms with E-state index in [2.05, 4.69) is 71.7 Å². The summed E-state index contributed by atoms with van der Waals surface area (Å²) in [5, 5.41) is 4.19. The lowest BCUT2D eigenvalue weighted by Gasteiger charge is -2.36. The van der Waals surface area contributed by atoms with Crippen LogP contribution in [0.15, 0.2) is 23.3 Å². The molecule has 3 unspecified atom stereocenters. The second-order valence-electron chi connectivity index (χ2n) is 8.19. The zero-order valence-electron chi connectivity index (χ0n) is 17.9. The normalized spacial score (nSPS) is 26.6. The van der Waals surface area contributed by atoms with Gasteiger partial charge in [0.05, 0.1) is 12.2 Å². The molecule has 1 aromatic heterocycles. The second kappa shape index (κ2) is 9.83. The van der Waals surface area contributed by atoms with Gasteiger partial charge in [0.15, 0.2) is 5.96 Å². The standard InChI is InChI=1S/C21H35N5OS/c1-15(2)19-14-25(8-9-28-19)21(22-5)24-11-18-6-7-20(23-10-18)26-12-16(3)27-17(4)13-26/h6-7,10,15-17,19H,8-9,11-14H2,1-5H3,(H,22,24). The van der Waals surface area contributed by atoms with Crippen molar-refractivity contribution in [2.75, 3.05) is 43.9 Å². The van der Waals surface area contributed by atoms with Crippen LogP contribution in [0.5, 0.6) is 0 Å². The van der Waals surface area contributed by atoms with Crippen molar-refractivity contribution in [2.45, 2.75) is 51.7 Å². The van der Waals surface area contributed by atoms with Crippen LogP contribution >= 0.6 is 11.8 Å². The van der Waals surface area contributed by atoms with Crippen molar-refractivity contribution < 1.29 is 4.74 Å². The number of morpholine rings is 1.